The highest BCUT2D eigenvalue weighted by atomic mass is 16.3. The van der Waals surface area contributed by atoms with E-state index >= 15 is 0 Å². The van der Waals surface area contributed by atoms with Crippen LogP contribution in [-0.2, 0) is 6.54 Å². The van der Waals surface area contributed by atoms with E-state index in [4.69, 9.17) is 5.73 Å². The highest BCUT2D eigenvalue weighted by Crippen LogP contribution is 2.16. The van der Waals surface area contributed by atoms with Gasteiger partial charge in [-0.15, -0.1) is 0 Å². The third-order valence-corrected chi connectivity index (χ3v) is 4.17. The molecule has 0 spiro atoms. The van der Waals surface area contributed by atoms with Crippen LogP contribution in [0.15, 0.2) is 42.7 Å². The molecule has 0 radical (unpaired) electrons. The summed E-state index contributed by atoms with van der Waals surface area (Å²) in [4.78, 5) is 13.5. The number of likely N-dealkylation sites (tertiary alicyclic amines) is 1. The van der Waals surface area contributed by atoms with Crippen LogP contribution in [0, 0.1) is 0 Å². The normalized spacial score (nSPS) is 16.8. The number of nitrogens with zero attached hydrogens (tertiary/aromatic N) is 2. The van der Waals surface area contributed by atoms with Gasteiger partial charge in [0.1, 0.15) is 0 Å². The number of carbonyl (C=O) groups excluding carboxylic acids is 1. The Kier molecular flexibility index (Phi) is 4.27. The summed E-state index contributed by atoms with van der Waals surface area (Å²) in [5, 5.41) is 9.54. The molecule has 1 aliphatic heterocycles. The van der Waals surface area contributed by atoms with Crippen LogP contribution in [-0.4, -0.2) is 39.7 Å². The van der Waals surface area contributed by atoms with Gasteiger partial charge >= 0.3 is 0 Å². The van der Waals surface area contributed by atoms with Gasteiger partial charge in [0.15, 0.2) is 0 Å². The minimum atomic E-state index is -0.410. The Morgan fingerprint density at radius 1 is 1.18 bits per heavy atom. The maximum atomic E-state index is 11.1. The molecule has 116 valence electrons. The zero-order valence-electron chi connectivity index (χ0n) is 12.5. The fourth-order valence-corrected chi connectivity index (χ4v) is 2.83. The van der Waals surface area contributed by atoms with Crippen LogP contribution >= 0.6 is 0 Å². The Labute approximate surface area is 130 Å². The molecule has 5 nitrogen and oxygen atoms in total. The van der Waals surface area contributed by atoms with E-state index in [0.29, 0.717) is 5.56 Å². The molecule has 0 unspecified atom stereocenters. The monoisotopic (exact) mass is 299 g/mol. The first-order chi connectivity index (χ1) is 10.6. The number of primary amides is 1. The van der Waals surface area contributed by atoms with Gasteiger partial charge in [0, 0.05) is 43.3 Å². The van der Waals surface area contributed by atoms with Crippen LogP contribution in [0.4, 0.5) is 0 Å². The first kappa shape index (κ1) is 14.8. The van der Waals surface area contributed by atoms with E-state index in [-0.39, 0.29) is 6.10 Å². The third kappa shape index (κ3) is 3.37. The fraction of sp³-hybridized carbons (Fsp3) is 0.353. The van der Waals surface area contributed by atoms with Crippen LogP contribution < -0.4 is 5.73 Å². The Morgan fingerprint density at radius 3 is 2.50 bits per heavy atom. The summed E-state index contributed by atoms with van der Waals surface area (Å²) in [6.45, 7) is 2.79. The van der Waals surface area contributed by atoms with Crippen LogP contribution in [0.2, 0.25) is 0 Å². The van der Waals surface area contributed by atoms with Crippen molar-refractivity contribution in [1.29, 1.82) is 0 Å². The molecular weight excluding hydrogens is 278 g/mol. The number of aliphatic hydroxyl groups excluding tert-OH is 1. The number of hydrogen-bond donors (Lipinski definition) is 2. The van der Waals surface area contributed by atoms with Crippen LogP contribution in [0.3, 0.4) is 0 Å². The highest BCUT2D eigenvalue weighted by molar-refractivity contribution is 5.92. The number of hydrogen-bond acceptors (Lipinski definition) is 3. The van der Waals surface area contributed by atoms with Crippen molar-refractivity contribution in [2.24, 2.45) is 5.73 Å². The van der Waals surface area contributed by atoms with Crippen molar-refractivity contribution in [3.63, 3.8) is 0 Å². The second-order valence-electron chi connectivity index (χ2n) is 5.85. The van der Waals surface area contributed by atoms with Gasteiger partial charge in [-0.3, -0.25) is 9.69 Å². The summed E-state index contributed by atoms with van der Waals surface area (Å²) >= 11 is 0. The minimum absolute atomic E-state index is 0.135. The predicted molar refractivity (Wildman–Crippen MR) is 84.8 cm³/mol. The second kappa shape index (κ2) is 6.34. The van der Waals surface area contributed by atoms with Crippen molar-refractivity contribution in [3.8, 4) is 5.69 Å². The molecule has 0 bridgehead atoms. The molecule has 1 fully saturated rings. The number of benzene rings is 1. The number of aliphatic hydroxyl groups is 1. The van der Waals surface area contributed by atoms with Crippen LogP contribution in [0.25, 0.3) is 5.69 Å². The molecule has 5 heteroatoms. The average molecular weight is 299 g/mol. The fourth-order valence-electron chi connectivity index (χ4n) is 2.83. The molecule has 1 aromatic carbocycles. The molecule has 0 atom stereocenters. The Balaban J connectivity index is 1.66. The SMILES string of the molecule is NC(=O)c1ccc(-n2ccc(CN3CCC(O)CC3)c2)cc1. The van der Waals surface area contributed by atoms with E-state index in [1.807, 2.05) is 22.9 Å². The van der Waals surface area contributed by atoms with Gasteiger partial charge in [0.25, 0.3) is 0 Å². The summed E-state index contributed by atoms with van der Waals surface area (Å²) in [6, 6.07) is 9.36. The zero-order valence-corrected chi connectivity index (χ0v) is 12.5. The van der Waals surface area contributed by atoms with E-state index in [1.54, 1.807) is 12.1 Å². The quantitative estimate of drug-likeness (QED) is 0.899. The lowest BCUT2D eigenvalue weighted by Gasteiger charge is -2.29. The molecule has 22 heavy (non-hydrogen) atoms. The summed E-state index contributed by atoms with van der Waals surface area (Å²) in [5.74, 6) is -0.410. The zero-order chi connectivity index (χ0) is 15.5. The molecule has 1 aliphatic rings. The van der Waals surface area contributed by atoms with Crippen molar-refractivity contribution < 1.29 is 9.90 Å². The Morgan fingerprint density at radius 2 is 1.86 bits per heavy atom. The number of amides is 1. The smallest absolute Gasteiger partial charge is 0.248 e. The van der Waals surface area contributed by atoms with Gasteiger partial charge in [0.2, 0.25) is 5.91 Å². The minimum Gasteiger partial charge on any atom is -0.393 e. The number of piperidine rings is 1. The number of carbonyl (C=O) groups is 1. The lowest BCUT2D eigenvalue weighted by atomic mass is 10.1. The Bertz CT molecular complexity index is 640. The van der Waals surface area contributed by atoms with Crippen LogP contribution in [0.1, 0.15) is 28.8 Å². The molecular formula is C17H21N3O2. The van der Waals surface area contributed by atoms with E-state index in [2.05, 4.69) is 17.2 Å². The molecule has 0 aliphatic carbocycles. The van der Waals surface area contributed by atoms with Crippen molar-refractivity contribution in [3.05, 3.63) is 53.9 Å². The molecule has 1 saturated heterocycles. The molecule has 3 N–H and O–H groups in total. The number of nitrogens with two attached hydrogens (primary N) is 1. The Hall–Kier alpha value is -2.11. The maximum Gasteiger partial charge on any atom is 0.248 e. The van der Waals surface area contributed by atoms with Crippen molar-refractivity contribution in [1.82, 2.24) is 9.47 Å². The standard InChI is InChI=1S/C17H21N3O2/c18-17(22)14-1-3-15(4-2-14)20-10-5-13(12-20)11-19-8-6-16(21)7-9-19/h1-5,10,12,16,21H,6-9,11H2,(H2,18,22). The van der Waals surface area contributed by atoms with E-state index < -0.39 is 5.91 Å². The molecule has 0 saturated carbocycles. The van der Waals surface area contributed by atoms with Gasteiger partial charge in [-0.05, 0) is 48.7 Å². The summed E-state index contributed by atoms with van der Waals surface area (Å²) < 4.78 is 2.04. The third-order valence-electron chi connectivity index (χ3n) is 4.17. The van der Waals surface area contributed by atoms with Gasteiger partial charge in [-0.25, -0.2) is 0 Å². The molecule has 1 amide bonds. The molecule has 1 aromatic heterocycles. The van der Waals surface area contributed by atoms with Gasteiger partial charge < -0.3 is 15.4 Å². The molecule has 2 heterocycles. The second-order valence-corrected chi connectivity index (χ2v) is 5.85. The van der Waals surface area contributed by atoms with Crippen molar-refractivity contribution in [2.75, 3.05) is 13.1 Å². The summed E-state index contributed by atoms with van der Waals surface area (Å²) in [5.41, 5.74) is 8.02. The van der Waals surface area contributed by atoms with Crippen molar-refractivity contribution >= 4 is 5.91 Å². The largest absolute Gasteiger partial charge is 0.393 e. The maximum absolute atomic E-state index is 11.1. The first-order valence-electron chi connectivity index (χ1n) is 7.59. The van der Waals surface area contributed by atoms with E-state index in [0.717, 1.165) is 38.2 Å². The van der Waals surface area contributed by atoms with Gasteiger partial charge in [-0.1, -0.05) is 0 Å². The first-order valence-corrected chi connectivity index (χ1v) is 7.59. The topological polar surface area (TPSA) is 71.5 Å². The summed E-state index contributed by atoms with van der Waals surface area (Å²) in [7, 11) is 0. The lowest BCUT2D eigenvalue weighted by molar-refractivity contribution is 0.0792. The summed E-state index contributed by atoms with van der Waals surface area (Å²) in [6.07, 6.45) is 5.70. The predicted octanol–water partition coefficient (Wildman–Crippen LogP) is 1.53. The lowest BCUT2D eigenvalue weighted by Crippen LogP contribution is -2.35. The van der Waals surface area contributed by atoms with Gasteiger partial charge in [-0.2, -0.15) is 0 Å². The van der Waals surface area contributed by atoms with Gasteiger partial charge in [0.05, 0.1) is 6.10 Å². The van der Waals surface area contributed by atoms with Crippen molar-refractivity contribution in [2.45, 2.75) is 25.5 Å². The average Bonchev–Trinajstić information content (AvgIpc) is 2.98. The van der Waals surface area contributed by atoms with E-state index in [9.17, 15) is 9.90 Å². The van der Waals surface area contributed by atoms with Crippen LogP contribution in [0.5, 0.6) is 0 Å². The molecule has 3 rings (SSSR count). The molecule has 2 aromatic rings. The van der Waals surface area contributed by atoms with E-state index in [1.165, 1.54) is 5.56 Å². The number of aromatic nitrogens is 1. The number of rotatable bonds is 4. The highest BCUT2D eigenvalue weighted by Gasteiger charge is 2.17.